The van der Waals surface area contributed by atoms with Crippen molar-refractivity contribution < 1.29 is 14.6 Å². The molecule has 1 aromatic carbocycles. The van der Waals surface area contributed by atoms with Crippen molar-refractivity contribution in [1.29, 1.82) is 0 Å². The number of para-hydroxylation sites is 2. The predicted molar refractivity (Wildman–Crippen MR) is 112 cm³/mol. The summed E-state index contributed by atoms with van der Waals surface area (Å²) in [7, 11) is 1.70. The summed E-state index contributed by atoms with van der Waals surface area (Å²) in [5.41, 5.74) is 0.736. The fourth-order valence-electron chi connectivity index (χ4n) is 2.78. The van der Waals surface area contributed by atoms with Crippen molar-refractivity contribution in [1.82, 2.24) is 4.90 Å². The average molecular weight is 407 g/mol. The molecular formula is C19H32Cl2N2O3. The van der Waals surface area contributed by atoms with Gasteiger partial charge in [-0.3, -0.25) is 4.90 Å². The highest BCUT2D eigenvalue weighted by atomic mass is 35.5. The third-order valence-electron chi connectivity index (χ3n) is 4.41. The summed E-state index contributed by atoms with van der Waals surface area (Å²) in [5.74, 6) is 0.908. The molecule has 150 valence electrons. The second kappa shape index (κ2) is 11.7. The van der Waals surface area contributed by atoms with E-state index in [9.17, 15) is 5.11 Å². The summed E-state index contributed by atoms with van der Waals surface area (Å²) < 4.78 is 11.1. The lowest BCUT2D eigenvalue weighted by Crippen LogP contribution is -2.49. The van der Waals surface area contributed by atoms with E-state index in [1.807, 2.05) is 32.0 Å². The number of anilines is 1. The Kier molecular flexibility index (Phi) is 11.2. The van der Waals surface area contributed by atoms with E-state index in [0.717, 1.165) is 37.6 Å². The molecule has 1 aromatic rings. The fourth-order valence-corrected chi connectivity index (χ4v) is 2.78. The van der Waals surface area contributed by atoms with Gasteiger partial charge in [-0.15, -0.1) is 31.4 Å². The van der Waals surface area contributed by atoms with Gasteiger partial charge in [0, 0.05) is 32.7 Å². The Hall–Kier alpha value is -0.980. The van der Waals surface area contributed by atoms with Crippen molar-refractivity contribution in [3.8, 4) is 5.75 Å². The quantitative estimate of drug-likeness (QED) is 0.672. The lowest BCUT2D eigenvalue weighted by Gasteiger charge is -2.37. The Labute approximate surface area is 169 Å². The predicted octanol–water partition coefficient (Wildman–Crippen LogP) is 3.00. The fraction of sp³-hybridized carbons (Fsp3) is 0.579. The molecule has 0 radical (unpaired) electrons. The van der Waals surface area contributed by atoms with Crippen LogP contribution in [0.25, 0.3) is 0 Å². The number of halogens is 2. The van der Waals surface area contributed by atoms with Gasteiger partial charge in [-0.1, -0.05) is 18.2 Å². The number of hydrogen-bond acceptors (Lipinski definition) is 5. The average Bonchev–Trinajstić information content (AvgIpc) is 2.61. The first kappa shape index (κ1) is 25.0. The number of nitrogens with zero attached hydrogens (tertiary/aromatic N) is 2. The first-order valence-electron chi connectivity index (χ1n) is 8.51. The molecule has 1 aliphatic heterocycles. The van der Waals surface area contributed by atoms with Crippen LogP contribution in [0.5, 0.6) is 5.75 Å². The molecule has 0 spiro atoms. The number of rotatable bonds is 8. The van der Waals surface area contributed by atoms with Crippen LogP contribution in [0.15, 0.2) is 36.9 Å². The second-order valence-corrected chi connectivity index (χ2v) is 6.73. The molecule has 7 heteroatoms. The Bertz CT molecular complexity index is 535. The molecule has 0 aliphatic carbocycles. The zero-order chi connectivity index (χ0) is 17.6. The number of aliphatic hydroxyl groups excluding tert-OH is 1. The Morgan fingerprint density at radius 3 is 2.38 bits per heavy atom. The van der Waals surface area contributed by atoms with Crippen molar-refractivity contribution in [3.63, 3.8) is 0 Å². The van der Waals surface area contributed by atoms with Crippen molar-refractivity contribution >= 4 is 30.5 Å². The van der Waals surface area contributed by atoms with Gasteiger partial charge in [0.2, 0.25) is 0 Å². The van der Waals surface area contributed by atoms with E-state index in [1.165, 1.54) is 0 Å². The normalized spacial score (nSPS) is 16.2. The molecular weight excluding hydrogens is 375 g/mol. The van der Waals surface area contributed by atoms with Gasteiger partial charge >= 0.3 is 0 Å². The molecule has 5 nitrogen and oxygen atoms in total. The molecule has 1 saturated heterocycles. The molecule has 1 heterocycles. The van der Waals surface area contributed by atoms with E-state index < -0.39 is 11.7 Å². The zero-order valence-corrected chi connectivity index (χ0v) is 17.5. The minimum absolute atomic E-state index is 0. The number of piperazine rings is 1. The Morgan fingerprint density at radius 1 is 1.19 bits per heavy atom. The number of hydrogen-bond donors (Lipinski definition) is 1. The van der Waals surface area contributed by atoms with Crippen molar-refractivity contribution in [2.45, 2.75) is 25.6 Å². The van der Waals surface area contributed by atoms with E-state index in [0.29, 0.717) is 13.2 Å². The highest BCUT2D eigenvalue weighted by Gasteiger charge is 2.22. The summed E-state index contributed by atoms with van der Waals surface area (Å²) in [5, 5.41) is 10.2. The summed E-state index contributed by atoms with van der Waals surface area (Å²) in [6.07, 6.45) is 1.27. The number of β-amino-alcohol motifs (C(OH)–C–C–N with tert-alkyl or cyclic N) is 1. The minimum atomic E-state index is -0.484. The monoisotopic (exact) mass is 406 g/mol. The van der Waals surface area contributed by atoms with E-state index in [4.69, 9.17) is 9.47 Å². The van der Waals surface area contributed by atoms with Gasteiger partial charge in [0.1, 0.15) is 5.75 Å². The SMILES string of the molecule is C=CC(C)(C)OCC(O)CN1CCN(c2ccccc2OC)CC1.Cl.Cl. The summed E-state index contributed by atoms with van der Waals surface area (Å²) >= 11 is 0. The largest absolute Gasteiger partial charge is 0.495 e. The Morgan fingerprint density at radius 2 is 1.81 bits per heavy atom. The first-order valence-corrected chi connectivity index (χ1v) is 8.51. The highest BCUT2D eigenvalue weighted by molar-refractivity contribution is 5.85. The third kappa shape index (κ3) is 7.33. The van der Waals surface area contributed by atoms with Gasteiger partial charge in [0.05, 0.1) is 31.1 Å². The molecule has 1 N–H and O–H groups in total. The maximum atomic E-state index is 10.2. The molecule has 0 amide bonds. The van der Waals surface area contributed by atoms with Gasteiger partial charge < -0.3 is 19.5 Å². The number of ether oxygens (including phenoxy) is 2. The van der Waals surface area contributed by atoms with Gasteiger partial charge in [-0.25, -0.2) is 0 Å². The van der Waals surface area contributed by atoms with Crippen LogP contribution >= 0.6 is 24.8 Å². The molecule has 0 aromatic heterocycles. The van der Waals surface area contributed by atoms with E-state index >= 15 is 0 Å². The number of aliphatic hydroxyl groups is 1. The lowest BCUT2D eigenvalue weighted by molar-refractivity contribution is -0.0420. The molecule has 0 bridgehead atoms. The van der Waals surface area contributed by atoms with Crippen LogP contribution in [0.4, 0.5) is 5.69 Å². The zero-order valence-electron chi connectivity index (χ0n) is 15.9. The second-order valence-electron chi connectivity index (χ2n) is 6.73. The van der Waals surface area contributed by atoms with Crippen LogP contribution in [0, 0.1) is 0 Å². The van der Waals surface area contributed by atoms with E-state index in [2.05, 4.69) is 22.4 Å². The number of methoxy groups -OCH3 is 1. The smallest absolute Gasteiger partial charge is 0.142 e. The third-order valence-corrected chi connectivity index (χ3v) is 4.41. The van der Waals surface area contributed by atoms with Crippen LogP contribution in [0.1, 0.15) is 13.8 Å². The summed E-state index contributed by atoms with van der Waals surface area (Å²) in [6.45, 7) is 12.3. The maximum Gasteiger partial charge on any atom is 0.142 e. The van der Waals surface area contributed by atoms with Crippen LogP contribution in [-0.4, -0.2) is 68.2 Å². The van der Waals surface area contributed by atoms with Gasteiger partial charge in [0.25, 0.3) is 0 Å². The Balaban J connectivity index is 0.00000312. The lowest BCUT2D eigenvalue weighted by atomic mass is 10.1. The number of benzene rings is 1. The standard InChI is InChI=1S/C19H30N2O3.2ClH/c1-5-19(2,3)24-15-16(22)14-20-10-12-21(13-11-20)17-8-6-7-9-18(17)23-4;;/h5-9,16,22H,1,10-15H2,2-4H3;2*1H. The highest BCUT2D eigenvalue weighted by Crippen LogP contribution is 2.28. The van der Waals surface area contributed by atoms with Crippen molar-refractivity contribution in [3.05, 3.63) is 36.9 Å². The molecule has 0 saturated carbocycles. The van der Waals surface area contributed by atoms with Gasteiger partial charge in [0.15, 0.2) is 0 Å². The molecule has 1 atom stereocenters. The van der Waals surface area contributed by atoms with Crippen molar-refractivity contribution in [2.75, 3.05) is 51.3 Å². The summed E-state index contributed by atoms with van der Waals surface area (Å²) in [6, 6.07) is 8.10. The minimum Gasteiger partial charge on any atom is -0.495 e. The van der Waals surface area contributed by atoms with Crippen LogP contribution in [-0.2, 0) is 4.74 Å². The van der Waals surface area contributed by atoms with E-state index in [1.54, 1.807) is 13.2 Å². The van der Waals surface area contributed by atoms with Crippen LogP contribution in [0.3, 0.4) is 0 Å². The molecule has 1 fully saturated rings. The van der Waals surface area contributed by atoms with Crippen LogP contribution < -0.4 is 9.64 Å². The van der Waals surface area contributed by atoms with Crippen molar-refractivity contribution in [2.24, 2.45) is 0 Å². The molecule has 1 unspecified atom stereocenters. The molecule has 1 aliphatic rings. The van der Waals surface area contributed by atoms with Gasteiger partial charge in [-0.05, 0) is 26.0 Å². The topological polar surface area (TPSA) is 45.2 Å². The maximum absolute atomic E-state index is 10.2. The molecule has 26 heavy (non-hydrogen) atoms. The van der Waals surface area contributed by atoms with E-state index in [-0.39, 0.29) is 24.8 Å². The molecule has 2 rings (SSSR count). The van der Waals surface area contributed by atoms with Gasteiger partial charge in [-0.2, -0.15) is 0 Å². The van der Waals surface area contributed by atoms with Crippen LogP contribution in [0.2, 0.25) is 0 Å². The summed E-state index contributed by atoms with van der Waals surface area (Å²) in [4.78, 5) is 4.61. The first-order chi connectivity index (χ1) is 11.4.